The van der Waals surface area contributed by atoms with E-state index in [0.29, 0.717) is 11.6 Å². The lowest BCUT2D eigenvalue weighted by Gasteiger charge is -2.23. The Morgan fingerprint density at radius 3 is 2.58 bits per heavy atom. The van der Waals surface area contributed by atoms with Crippen LogP contribution in [0.1, 0.15) is 23.9 Å². The van der Waals surface area contributed by atoms with Crippen molar-refractivity contribution >= 4 is 11.6 Å². The van der Waals surface area contributed by atoms with Gasteiger partial charge in [-0.05, 0) is 38.5 Å². The minimum atomic E-state index is 0.398. The Balaban J connectivity index is 2.52. The van der Waals surface area contributed by atoms with E-state index in [4.69, 9.17) is 5.26 Å². The first kappa shape index (κ1) is 13.0. The van der Waals surface area contributed by atoms with Gasteiger partial charge in [-0.15, -0.1) is 0 Å². The van der Waals surface area contributed by atoms with Gasteiger partial charge in [0.25, 0.3) is 0 Å². The molecule has 19 heavy (non-hydrogen) atoms. The molecule has 1 heterocycles. The monoisotopic (exact) mass is 252 g/mol. The SMILES string of the molecule is CCN(c1nc(C)cc(C#N)n1)c1ccccc1C. The van der Waals surface area contributed by atoms with Crippen molar-refractivity contribution in [3.05, 3.63) is 47.3 Å². The van der Waals surface area contributed by atoms with Crippen molar-refractivity contribution in [1.29, 1.82) is 5.26 Å². The summed E-state index contributed by atoms with van der Waals surface area (Å²) in [6.07, 6.45) is 0. The molecule has 4 nitrogen and oxygen atoms in total. The van der Waals surface area contributed by atoms with Crippen molar-refractivity contribution in [3.8, 4) is 6.07 Å². The fourth-order valence-corrected chi connectivity index (χ4v) is 2.02. The van der Waals surface area contributed by atoms with E-state index < -0.39 is 0 Å². The van der Waals surface area contributed by atoms with Crippen LogP contribution in [0, 0.1) is 25.2 Å². The van der Waals surface area contributed by atoms with Crippen molar-refractivity contribution in [2.45, 2.75) is 20.8 Å². The van der Waals surface area contributed by atoms with Crippen LogP contribution >= 0.6 is 0 Å². The Kier molecular flexibility index (Phi) is 3.76. The minimum absolute atomic E-state index is 0.398. The number of aromatic nitrogens is 2. The number of aryl methyl sites for hydroxylation is 2. The summed E-state index contributed by atoms with van der Waals surface area (Å²) in [4.78, 5) is 10.7. The van der Waals surface area contributed by atoms with E-state index in [9.17, 15) is 0 Å². The van der Waals surface area contributed by atoms with Gasteiger partial charge < -0.3 is 4.90 Å². The summed E-state index contributed by atoms with van der Waals surface area (Å²) in [6, 6.07) is 11.9. The van der Waals surface area contributed by atoms with Gasteiger partial charge in [-0.1, -0.05) is 18.2 Å². The molecule has 2 rings (SSSR count). The zero-order valence-electron chi connectivity index (χ0n) is 11.4. The highest BCUT2D eigenvalue weighted by atomic mass is 15.3. The predicted molar refractivity (Wildman–Crippen MR) is 75.3 cm³/mol. The second-order valence-electron chi connectivity index (χ2n) is 4.34. The maximum absolute atomic E-state index is 9.01. The lowest BCUT2D eigenvalue weighted by molar-refractivity contribution is 0.924. The van der Waals surface area contributed by atoms with Gasteiger partial charge in [0.1, 0.15) is 11.8 Å². The molecule has 0 spiro atoms. The molecule has 0 aliphatic rings. The third-order valence-electron chi connectivity index (χ3n) is 2.92. The third kappa shape index (κ3) is 2.71. The van der Waals surface area contributed by atoms with Gasteiger partial charge in [0.15, 0.2) is 0 Å². The number of hydrogen-bond donors (Lipinski definition) is 0. The van der Waals surface area contributed by atoms with Crippen molar-refractivity contribution in [1.82, 2.24) is 9.97 Å². The van der Waals surface area contributed by atoms with Crippen LogP contribution in [-0.2, 0) is 0 Å². The summed E-state index contributed by atoms with van der Waals surface area (Å²) in [6.45, 7) is 6.72. The standard InChI is InChI=1S/C15H16N4/c1-4-19(14-8-6-5-7-11(14)2)15-17-12(3)9-13(10-16)18-15/h5-9H,4H2,1-3H3. The first-order valence-electron chi connectivity index (χ1n) is 6.24. The number of nitrogens with zero attached hydrogens (tertiary/aromatic N) is 4. The molecule has 0 atom stereocenters. The molecular formula is C15H16N4. The number of hydrogen-bond acceptors (Lipinski definition) is 4. The van der Waals surface area contributed by atoms with E-state index in [1.54, 1.807) is 6.07 Å². The van der Waals surface area contributed by atoms with E-state index in [-0.39, 0.29) is 0 Å². The summed E-state index contributed by atoms with van der Waals surface area (Å²) in [5.41, 5.74) is 3.43. The van der Waals surface area contributed by atoms with Crippen LogP contribution in [0.3, 0.4) is 0 Å². The van der Waals surface area contributed by atoms with Gasteiger partial charge in [0.05, 0.1) is 0 Å². The van der Waals surface area contributed by atoms with E-state index >= 15 is 0 Å². The van der Waals surface area contributed by atoms with Crippen LogP contribution < -0.4 is 4.90 Å². The van der Waals surface area contributed by atoms with E-state index in [2.05, 4.69) is 29.0 Å². The van der Waals surface area contributed by atoms with Crippen LogP contribution in [0.25, 0.3) is 0 Å². The Morgan fingerprint density at radius 1 is 1.21 bits per heavy atom. The number of nitriles is 1. The maximum Gasteiger partial charge on any atom is 0.231 e. The highest BCUT2D eigenvalue weighted by Gasteiger charge is 2.13. The third-order valence-corrected chi connectivity index (χ3v) is 2.92. The Labute approximate surface area is 113 Å². The molecule has 0 saturated carbocycles. The number of benzene rings is 1. The number of para-hydroxylation sites is 1. The van der Waals surface area contributed by atoms with Gasteiger partial charge in [-0.25, -0.2) is 9.97 Å². The predicted octanol–water partition coefficient (Wildman–Crippen LogP) is 3.12. The average molecular weight is 252 g/mol. The molecule has 4 heteroatoms. The Hall–Kier alpha value is -2.41. The van der Waals surface area contributed by atoms with Crippen LogP contribution in [0.4, 0.5) is 11.6 Å². The van der Waals surface area contributed by atoms with Crippen molar-refractivity contribution in [2.75, 3.05) is 11.4 Å². The van der Waals surface area contributed by atoms with Gasteiger partial charge in [0.2, 0.25) is 5.95 Å². The smallest absolute Gasteiger partial charge is 0.231 e. The molecule has 0 unspecified atom stereocenters. The second-order valence-corrected chi connectivity index (χ2v) is 4.34. The first-order valence-corrected chi connectivity index (χ1v) is 6.24. The highest BCUT2D eigenvalue weighted by Crippen LogP contribution is 2.25. The molecule has 1 aromatic heterocycles. The van der Waals surface area contributed by atoms with Crippen molar-refractivity contribution in [3.63, 3.8) is 0 Å². The molecule has 0 aliphatic heterocycles. The normalized spacial score (nSPS) is 10.0. The fourth-order valence-electron chi connectivity index (χ4n) is 2.02. The summed E-state index contributed by atoms with van der Waals surface area (Å²) >= 11 is 0. The molecule has 0 amide bonds. The zero-order valence-corrected chi connectivity index (χ0v) is 11.4. The van der Waals surface area contributed by atoms with Crippen LogP contribution in [0.5, 0.6) is 0 Å². The Bertz CT molecular complexity index is 628. The van der Waals surface area contributed by atoms with Gasteiger partial charge in [-0.3, -0.25) is 0 Å². The molecule has 0 aliphatic carbocycles. The number of rotatable bonds is 3. The summed E-state index contributed by atoms with van der Waals surface area (Å²) in [5, 5.41) is 9.01. The lowest BCUT2D eigenvalue weighted by atomic mass is 10.2. The molecule has 0 N–H and O–H groups in total. The summed E-state index contributed by atoms with van der Waals surface area (Å²) < 4.78 is 0. The first-order chi connectivity index (χ1) is 9.15. The van der Waals surface area contributed by atoms with Crippen molar-refractivity contribution in [2.24, 2.45) is 0 Å². The summed E-state index contributed by atoms with van der Waals surface area (Å²) in [7, 11) is 0. The van der Waals surface area contributed by atoms with Gasteiger partial charge in [-0.2, -0.15) is 5.26 Å². The fraction of sp³-hybridized carbons (Fsp3) is 0.267. The maximum atomic E-state index is 9.01. The molecule has 0 bridgehead atoms. The van der Waals surface area contributed by atoms with Crippen molar-refractivity contribution < 1.29 is 0 Å². The highest BCUT2D eigenvalue weighted by molar-refractivity contribution is 5.61. The zero-order chi connectivity index (χ0) is 13.8. The van der Waals surface area contributed by atoms with E-state index in [1.165, 1.54) is 0 Å². The Morgan fingerprint density at radius 2 is 1.95 bits per heavy atom. The molecule has 0 saturated heterocycles. The largest absolute Gasteiger partial charge is 0.311 e. The minimum Gasteiger partial charge on any atom is -0.311 e. The molecule has 0 radical (unpaired) electrons. The summed E-state index contributed by atoms with van der Waals surface area (Å²) in [5.74, 6) is 0.577. The topological polar surface area (TPSA) is 52.8 Å². The molecule has 2 aromatic rings. The van der Waals surface area contributed by atoms with Crippen LogP contribution in [-0.4, -0.2) is 16.5 Å². The quantitative estimate of drug-likeness (QED) is 0.842. The van der Waals surface area contributed by atoms with E-state index in [0.717, 1.165) is 23.5 Å². The number of anilines is 2. The average Bonchev–Trinajstić information content (AvgIpc) is 2.41. The molecular weight excluding hydrogens is 236 g/mol. The van der Waals surface area contributed by atoms with Crippen LogP contribution in [0.2, 0.25) is 0 Å². The second kappa shape index (κ2) is 5.49. The van der Waals surface area contributed by atoms with Gasteiger partial charge >= 0.3 is 0 Å². The van der Waals surface area contributed by atoms with Gasteiger partial charge in [0, 0.05) is 17.9 Å². The molecule has 1 aromatic carbocycles. The van der Waals surface area contributed by atoms with Crippen LogP contribution in [0.15, 0.2) is 30.3 Å². The lowest BCUT2D eigenvalue weighted by Crippen LogP contribution is -2.20. The van der Waals surface area contributed by atoms with E-state index in [1.807, 2.05) is 36.9 Å². The molecule has 0 fully saturated rings. The molecule has 96 valence electrons.